The summed E-state index contributed by atoms with van der Waals surface area (Å²) in [5.41, 5.74) is 6.21. The minimum atomic E-state index is -0.686. The molecule has 25 heavy (non-hydrogen) atoms. The standard InChI is InChI=1S/C16H11N5O3S/c1-21-12(22)5-11(16(21)23)25-15-9(7-18)13(10-3-2-4-24-10)8(6-17)14(19)20-15/h2-4,11H,5H2,1H3,(H2,19,20). The first-order valence-corrected chi connectivity index (χ1v) is 8.00. The van der Waals surface area contributed by atoms with Crippen molar-refractivity contribution in [1.82, 2.24) is 9.88 Å². The summed E-state index contributed by atoms with van der Waals surface area (Å²) in [5.74, 6) is -0.424. The summed E-state index contributed by atoms with van der Waals surface area (Å²) in [6.07, 6.45) is 1.43. The molecule has 8 nitrogen and oxygen atoms in total. The number of nitrogens with zero attached hydrogens (tertiary/aromatic N) is 4. The molecular weight excluding hydrogens is 342 g/mol. The maximum absolute atomic E-state index is 12.1. The minimum absolute atomic E-state index is 0.0164. The van der Waals surface area contributed by atoms with Crippen LogP contribution in [0.1, 0.15) is 17.5 Å². The second kappa shape index (κ2) is 6.30. The number of likely N-dealkylation sites (tertiary alicyclic amines) is 1. The molecule has 1 aliphatic heterocycles. The molecule has 2 aromatic rings. The summed E-state index contributed by atoms with van der Waals surface area (Å²) in [7, 11) is 1.41. The lowest BCUT2D eigenvalue weighted by Gasteiger charge is -2.13. The Morgan fingerprint density at radius 3 is 2.60 bits per heavy atom. The Labute approximate surface area is 146 Å². The van der Waals surface area contributed by atoms with Crippen molar-refractivity contribution in [2.45, 2.75) is 16.7 Å². The van der Waals surface area contributed by atoms with Crippen LogP contribution >= 0.6 is 11.8 Å². The van der Waals surface area contributed by atoms with E-state index in [1.54, 1.807) is 12.1 Å². The summed E-state index contributed by atoms with van der Waals surface area (Å²) in [4.78, 5) is 28.9. The van der Waals surface area contributed by atoms with Crippen LogP contribution in [-0.2, 0) is 9.59 Å². The number of carbonyl (C=O) groups excluding carboxylic acids is 2. The summed E-state index contributed by atoms with van der Waals surface area (Å²) >= 11 is 0.986. The zero-order chi connectivity index (χ0) is 18.1. The number of aromatic nitrogens is 1. The van der Waals surface area contributed by atoms with E-state index < -0.39 is 5.25 Å². The smallest absolute Gasteiger partial charge is 0.242 e. The number of nitriles is 2. The van der Waals surface area contributed by atoms with Crippen molar-refractivity contribution < 1.29 is 14.0 Å². The third kappa shape index (κ3) is 2.71. The van der Waals surface area contributed by atoms with Crippen LogP contribution in [0, 0.1) is 22.7 Å². The molecule has 2 N–H and O–H groups in total. The zero-order valence-electron chi connectivity index (χ0n) is 13.0. The van der Waals surface area contributed by atoms with Gasteiger partial charge < -0.3 is 10.2 Å². The van der Waals surface area contributed by atoms with Crippen molar-refractivity contribution in [3.05, 3.63) is 29.5 Å². The van der Waals surface area contributed by atoms with Gasteiger partial charge in [-0.2, -0.15) is 10.5 Å². The highest BCUT2D eigenvalue weighted by Gasteiger charge is 2.38. The molecule has 2 aromatic heterocycles. The van der Waals surface area contributed by atoms with E-state index in [4.69, 9.17) is 10.2 Å². The second-order valence-corrected chi connectivity index (χ2v) is 6.42. The normalized spacial score (nSPS) is 16.8. The predicted molar refractivity (Wildman–Crippen MR) is 87.8 cm³/mol. The Bertz CT molecular complexity index is 956. The third-order valence-corrected chi connectivity index (χ3v) is 4.95. The van der Waals surface area contributed by atoms with Crippen molar-refractivity contribution in [3.63, 3.8) is 0 Å². The number of pyridine rings is 1. The number of amides is 2. The number of thioether (sulfide) groups is 1. The zero-order valence-corrected chi connectivity index (χ0v) is 13.8. The maximum Gasteiger partial charge on any atom is 0.242 e. The van der Waals surface area contributed by atoms with E-state index in [-0.39, 0.29) is 45.8 Å². The van der Waals surface area contributed by atoms with Crippen molar-refractivity contribution in [2.24, 2.45) is 0 Å². The number of anilines is 1. The van der Waals surface area contributed by atoms with E-state index in [1.165, 1.54) is 13.3 Å². The lowest BCUT2D eigenvalue weighted by Crippen LogP contribution is -2.26. The Hall–Kier alpha value is -3.30. The monoisotopic (exact) mass is 353 g/mol. The van der Waals surface area contributed by atoms with E-state index in [1.807, 2.05) is 12.1 Å². The van der Waals surface area contributed by atoms with E-state index in [0.717, 1.165) is 16.7 Å². The number of imide groups is 1. The molecule has 1 aliphatic rings. The van der Waals surface area contributed by atoms with Gasteiger partial charge in [0.1, 0.15) is 34.3 Å². The molecule has 0 aliphatic carbocycles. The van der Waals surface area contributed by atoms with E-state index >= 15 is 0 Å². The molecule has 0 aromatic carbocycles. The summed E-state index contributed by atoms with van der Waals surface area (Å²) < 4.78 is 5.32. The molecule has 0 spiro atoms. The van der Waals surface area contributed by atoms with Gasteiger partial charge in [0.2, 0.25) is 11.8 Å². The Morgan fingerprint density at radius 1 is 1.36 bits per heavy atom. The highest BCUT2D eigenvalue weighted by Crippen LogP contribution is 2.39. The van der Waals surface area contributed by atoms with Gasteiger partial charge in [0.05, 0.1) is 22.6 Å². The van der Waals surface area contributed by atoms with Crippen LogP contribution in [0.3, 0.4) is 0 Å². The molecule has 1 saturated heterocycles. The van der Waals surface area contributed by atoms with Gasteiger partial charge in [0.25, 0.3) is 0 Å². The number of rotatable bonds is 3. The lowest BCUT2D eigenvalue weighted by atomic mass is 10.0. The van der Waals surface area contributed by atoms with Crippen LogP contribution in [0.25, 0.3) is 11.3 Å². The molecule has 3 heterocycles. The molecule has 1 atom stereocenters. The van der Waals surface area contributed by atoms with Gasteiger partial charge in [0.15, 0.2) is 0 Å². The van der Waals surface area contributed by atoms with Crippen molar-refractivity contribution in [2.75, 3.05) is 12.8 Å². The van der Waals surface area contributed by atoms with Gasteiger partial charge in [-0.1, -0.05) is 11.8 Å². The number of carbonyl (C=O) groups is 2. The van der Waals surface area contributed by atoms with Crippen LogP contribution in [-0.4, -0.2) is 34.0 Å². The average Bonchev–Trinajstić information content (AvgIpc) is 3.20. The Balaban J connectivity index is 2.13. The molecule has 124 valence electrons. The Kier molecular flexibility index (Phi) is 4.17. The van der Waals surface area contributed by atoms with Crippen LogP contribution in [0.5, 0.6) is 0 Å². The summed E-state index contributed by atoms with van der Waals surface area (Å²) in [5, 5.41) is 18.5. The van der Waals surface area contributed by atoms with Gasteiger partial charge in [0, 0.05) is 13.5 Å². The van der Waals surface area contributed by atoms with Gasteiger partial charge in [-0.3, -0.25) is 14.5 Å². The summed E-state index contributed by atoms with van der Waals surface area (Å²) in [6.45, 7) is 0. The quantitative estimate of drug-likeness (QED) is 0.820. The largest absolute Gasteiger partial charge is 0.464 e. The van der Waals surface area contributed by atoms with Crippen LogP contribution in [0.4, 0.5) is 5.82 Å². The third-order valence-electron chi connectivity index (χ3n) is 3.78. The van der Waals surface area contributed by atoms with Crippen molar-refractivity contribution >= 4 is 29.4 Å². The lowest BCUT2D eigenvalue weighted by molar-refractivity contribution is -0.136. The van der Waals surface area contributed by atoms with Crippen LogP contribution in [0.15, 0.2) is 27.8 Å². The van der Waals surface area contributed by atoms with Gasteiger partial charge in [-0.05, 0) is 12.1 Å². The highest BCUT2D eigenvalue weighted by atomic mass is 32.2. The van der Waals surface area contributed by atoms with Crippen LogP contribution in [0.2, 0.25) is 0 Å². The minimum Gasteiger partial charge on any atom is -0.464 e. The van der Waals surface area contributed by atoms with Gasteiger partial charge in [-0.25, -0.2) is 4.98 Å². The number of nitrogens with two attached hydrogens (primary N) is 1. The SMILES string of the molecule is CN1C(=O)CC(Sc2nc(N)c(C#N)c(-c3ccco3)c2C#N)C1=O. The van der Waals surface area contributed by atoms with Crippen molar-refractivity contribution in [1.29, 1.82) is 10.5 Å². The molecule has 1 unspecified atom stereocenters. The fourth-order valence-electron chi connectivity index (χ4n) is 2.50. The number of hydrogen-bond acceptors (Lipinski definition) is 8. The highest BCUT2D eigenvalue weighted by molar-refractivity contribution is 8.00. The first kappa shape index (κ1) is 16.6. The molecular formula is C16H11N5O3S. The Morgan fingerprint density at radius 2 is 2.08 bits per heavy atom. The fourth-order valence-corrected chi connectivity index (χ4v) is 3.67. The topological polar surface area (TPSA) is 137 Å². The first-order valence-electron chi connectivity index (χ1n) is 7.12. The summed E-state index contributed by atoms with van der Waals surface area (Å²) in [6, 6.07) is 7.16. The van der Waals surface area contributed by atoms with E-state index in [2.05, 4.69) is 4.98 Å². The van der Waals surface area contributed by atoms with Crippen molar-refractivity contribution in [3.8, 4) is 23.5 Å². The van der Waals surface area contributed by atoms with E-state index in [9.17, 15) is 20.1 Å². The fraction of sp³-hybridized carbons (Fsp3) is 0.188. The number of hydrogen-bond donors (Lipinski definition) is 1. The average molecular weight is 353 g/mol. The van der Waals surface area contributed by atoms with Crippen LogP contribution < -0.4 is 5.73 Å². The van der Waals surface area contributed by atoms with Gasteiger partial charge >= 0.3 is 0 Å². The first-order chi connectivity index (χ1) is 12.0. The number of furan rings is 1. The van der Waals surface area contributed by atoms with E-state index in [0.29, 0.717) is 5.76 Å². The van der Waals surface area contributed by atoms with Gasteiger partial charge in [-0.15, -0.1) is 0 Å². The predicted octanol–water partition coefficient (Wildman–Crippen LogP) is 1.52. The molecule has 1 fully saturated rings. The molecule has 0 saturated carbocycles. The molecule has 9 heteroatoms. The maximum atomic E-state index is 12.1. The molecule has 2 amide bonds. The molecule has 0 radical (unpaired) electrons. The second-order valence-electron chi connectivity index (χ2n) is 5.23. The number of nitrogen functional groups attached to an aromatic ring is 1. The molecule has 0 bridgehead atoms. The molecule has 3 rings (SSSR count).